The number of methoxy groups -OCH3 is 1. The van der Waals surface area contributed by atoms with Gasteiger partial charge in [-0.15, -0.1) is 0 Å². The number of aromatic nitrogens is 1. The summed E-state index contributed by atoms with van der Waals surface area (Å²) >= 11 is 5.99. The van der Waals surface area contributed by atoms with Crippen molar-refractivity contribution in [3.63, 3.8) is 0 Å². The van der Waals surface area contributed by atoms with E-state index in [0.717, 1.165) is 16.9 Å². The first-order valence-corrected chi connectivity index (χ1v) is 9.19. The molecule has 0 unspecified atom stereocenters. The highest BCUT2D eigenvalue weighted by Crippen LogP contribution is 2.33. The first-order valence-electron chi connectivity index (χ1n) is 8.82. The van der Waals surface area contributed by atoms with E-state index < -0.39 is 0 Å². The third kappa shape index (κ3) is 3.47. The maximum Gasteiger partial charge on any atom is 0.260 e. The number of aromatic amines is 1. The van der Waals surface area contributed by atoms with Gasteiger partial charge in [0.15, 0.2) is 0 Å². The van der Waals surface area contributed by atoms with Crippen molar-refractivity contribution in [3.8, 4) is 22.6 Å². The lowest BCUT2D eigenvalue weighted by molar-refractivity contribution is 0.414. The third-order valence-electron chi connectivity index (χ3n) is 4.73. The molecule has 0 bridgehead atoms. The van der Waals surface area contributed by atoms with Crippen LogP contribution < -0.4 is 10.3 Å². The zero-order valence-electron chi connectivity index (χ0n) is 15.2. The lowest BCUT2D eigenvalue weighted by atomic mass is 9.98. The molecule has 0 saturated carbocycles. The summed E-state index contributed by atoms with van der Waals surface area (Å²) in [6.45, 7) is 0. The van der Waals surface area contributed by atoms with Gasteiger partial charge >= 0.3 is 0 Å². The van der Waals surface area contributed by atoms with Crippen LogP contribution in [0.15, 0.2) is 71.5 Å². The molecule has 0 radical (unpaired) electrons. The maximum absolute atomic E-state index is 12.6. The second-order valence-corrected chi connectivity index (χ2v) is 7.03. The van der Waals surface area contributed by atoms with Gasteiger partial charge in [-0.1, -0.05) is 48.0 Å². The minimum atomic E-state index is -0.353. The SMILES string of the molecule is [11CH3]Oc1ccc(Cc2cccc(-c3c(O)c4ccc(Cl)cc4[nH]c3=O)c2)cc1. The van der Waals surface area contributed by atoms with Gasteiger partial charge < -0.3 is 14.8 Å². The number of ether oxygens (including phenoxy) is 1. The van der Waals surface area contributed by atoms with Gasteiger partial charge in [0.25, 0.3) is 5.56 Å². The van der Waals surface area contributed by atoms with Crippen LogP contribution in [-0.2, 0) is 6.42 Å². The minimum absolute atomic E-state index is 0.0444. The van der Waals surface area contributed by atoms with Crippen molar-refractivity contribution in [2.75, 3.05) is 7.11 Å². The first-order chi connectivity index (χ1) is 13.5. The molecule has 4 aromatic rings. The summed E-state index contributed by atoms with van der Waals surface area (Å²) in [6.07, 6.45) is 0.708. The first kappa shape index (κ1) is 18.1. The number of halogens is 1. The lowest BCUT2D eigenvalue weighted by Gasteiger charge is -2.10. The number of fused-ring (bicyclic) bond motifs is 1. The Balaban J connectivity index is 1.74. The van der Waals surface area contributed by atoms with Crippen molar-refractivity contribution < 1.29 is 9.84 Å². The van der Waals surface area contributed by atoms with E-state index in [9.17, 15) is 9.90 Å². The van der Waals surface area contributed by atoms with Crippen LogP contribution in [-0.4, -0.2) is 17.2 Å². The minimum Gasteiger partial charge on any atom is -0.506 e. The third-order valence-corrected chi connectivity index (χ3v) is 4.97. The second-order valence-electron chi connectivity index (χ2n) is 6.59. The van der Waals surface area contributed by atoms with Gasteiger partial charge in [-0.25, -0.2) is 0 Å². The molecule has 0 spiro atoms. The van der Waals surface area contributed by atoms with Crippen LogP contribution in [0, 0.1) is 0 Å². The van der Waals surface area contributed by atoms with E-state index in [0.29, 0.717) is 27.9 Å². The number of hydrogen-bond donors (Lipinski definition) is 2. The Morgan fingerprint density at radius 3 is 2.54 bits per heavy atom. The summed E-state index contributed by atoms with van der Waals surface area (Å²) in [5.41, 5.74) is 3.25. The largest absolute Gasteiger partial charge is 0.506 e. The molecule has 0 atom stereocenters. The van der Waals surface area contributed by atoms with Crippen molar-refractivity contribution in [2.45, 2.75) is 6.42 Å². The van der Waals surface area contributed by atoms with Crippen LogP contribution in [0.4, 0.5) is 0 Å². The predicted molar refractivity (Wildman–Crippen MR) is 112 cm³/mol. The molecule has 28 heavy (non-hydrogen) atoms. The molecule has 0 saturated heterocycles. The highest BCUT2D eigenvalue weighted by Gasteiger charge is 2.14. The van der Waals surface area contributed by atoms with Crippen LogP contribution in [0.3, 0.4) is 0 Å². The fourth-order valence-corrected chi connectivity index (χ4v) is 3.51. The number of H-pyrrole nitrogens is 1. The van der Waals surface area contributed by atoms with Crippen LogP contribution >= 0.6 is 11.6 Å². The molecule has 0 fully saturated rings. The van der Waals surface area contributed by atoms with Crippen LogP contribution in [0.2, 0.25) is 5.02 Å². The summed E-state index contributed by atoms with van der Waals surface area (Å²) in [5.74, 6) is 0.766. The molecule has 140 valence electrons. The summed E-state index contributed by atoms with van der Waals surface area (Å²) in [5, 5.41) is 11.8. The molecule has 0 amide bonds. The fraction of sp³-hybridized carbons (Fsp3) is 0.0870. The van der Waals surface area contributed by atoms with E-state index in [1.54, 1.807) is 25.3 Å². The van der Waals surface area contributed by atoms with Gasteiger partial charge in [0, 0.05) is 10.4 Å². The van der Waals surface area contributed by atoms with Gasteiger partial charge in [-0.05, 0) is 53.4 Å². The smallest absolute Gasteiger partial charge is 0.260 e. The molecule has 1 heterocycles. The van der Waals surface area contributed by atoms with E-state index in [1.165, 1.54) is 0 Å². The Hall–Kier alpha value is -3.24. The Morgan fingerprint density at radius 2 is 1.79 bits per heavy atom. The Kier molecular flexibility index (Phi) is 4.80. The number of hydrogen-bond acceptors (Lipinski definition) is 3. The molecule has 0 aliphatic heterocycles. The van der Waals surface area contributed by atoms with Gasteiger partial charge in [-0.2, -0.15) is 0 Å². The molecule has 1 aromatic heterocycles. The van der Waals surface area contributed by atoms with Gasteiger partial charge in [0.1, 0.15) is 11.5 Å². The molecule has 0 aliphatic carbocycles. The normalized spacial score (nSPS) is 10.9. The van der Waals surface area contributed by atoms with Crippen molar-refractivity contribution in [1.29, 1.82) is 0 Å². The number of pyridine rings is 1. The van der Waals surface area contributed by atoms with E-state index in [4.69, 9.17) is 16.3 Å². The van der Waals surface area contributed by atoms with Crippen LogP contribution in [0.1, 0.15) is 11.1 Å². The standard InChI is InChI=1S/C23H18ClNO3/c1-28-18-8-5-14(6-9-18)11-15-3-2-4-16(12-15)21-22(26)19-10-7-17(24)13-20(19)25-23(21)27/h2-10,12-13H,11H2,1H3,(H2,25,26,27)/i1-1. The molecular formula is C23H18ClNO3. The van der Waals surface area contributed by atoms with E-state index in [2.05, 4.69) is 4.98 Å². The van der Waals surface area contributed by atoms with Crippen molar-refractivity contribution in [2.24, 2.45) is 0 Å². The summed E-state index contributed by atoms with van der Waals surface area (Å²) < 4.78 is 5.19. The van der Waals surface area contributed by atoms with Gasteiger partial charge in [0.2, 0.25) is 0 Å². The summed E-state index contributed by atoms with van der Waals surface area (Å²) in [4.78, 5) is 15.4. The molecule has 0 aliphatic rings. The van der Waals surface area contributed by atoms with E-state index in [-0.39, 0.29) is 16.9 Å². The monoisotopic (exact) mass is 390 g/mol. The summed E-state index contributed by atoms with van der Waals surface area (Å²) in [7, 11) is 1.64. The van der Waals surface area contributed by atoms with Crippen LogP contribution in [0.5, 0.6) is 11.5 Å². The second kappa shape index (κ2) is 7.41. The topological polar surface area (TPSA) is 62.3 Å². The number of aromatic hydroxyl groups is 1. The molecule has 4 rings (SSSR count). The van der Waals surface area contributed by atoms with Crippen LogP contribution in [0.25, 0.3) is 22.0 Å². The van der Waals surface area contributed by atoms with E-state index in [1.807, 2.05) is 48.5 Å². The summed E-state index contributed by atoms with van der Waals surface area (Å²) in [6, 6.07) is 20.5. The highest BCUT2D eigenvalue weighted by molar-refractivity contribution is 6.31. The molecule has 2 N–H and O–H groups in total. The maximum atomic E-state index is 12.6. The van der Waals surface area contributed by atoms with Crippen molar-refractivity contribution in [1.82, 2.24) is 4.98 Å². The Bertz CT molecular complexity index is 1210. The van der Waals surface area contributed by atoms with Crippen molar-refractivity contribution >= 4 is 22.5 Å². The fourth-order valence-electron chi connectivity index (χ4n) is 3.34. The molecular weight excluding hydrogens is 373 g/mol. The Labute approximate surface area is 167 Å². The molecule has 5 heteroatoms. The lowest BCUT2D eigenvalue weighted by Crippen LogP contribution is -2.09. The quantitative estimate of drug-likeness (QED) is 0.506. The van der Waals surface area contributed by atoms with Crippen molar-refractivity contribution in [3.05, 3.63) is 93.2 Å². The molecule has 3 aromatic carbocycles. The average Bonchev–Trinajstić information content (AvgIpc) is 2.68. The molecule has 4 nitrogen and oxygen atoms in total. The zero-order valence-corrected chi connectivity index (χ0v) is 16.0. The average molecular weight is 391 g/mol. The van der Waals surface area contributed by atoms with Gasteiger partial charge in [-0.3, -0.25) is 4.79 Å². The highest BCUT2D eigenvalue weighted by atomic mass is 35.5. The van der Waals surface area contributed by atoms with E-state index >= 15 is 0 Å². The predicted octanol–water partition coefficient (Wildman–Crippen LogP) is 5.15. The number of benzene rings is 3. The van der Waals surface area contributed by atoms with Gasteiger partial charge in [0.05, 0.1) is 18.2 Å². The number of rotatable bonds is 4. The zero-order chi connectivity index (χ0) is 19.7. The number of nitrogens with one attached hydrogen (secondary N) is 1. The Morgan fingerprint density at radius 1 is 1.00 bits per heavy atom.